The Labute approximate surface area is 234 Å². The van der Waals surface area contributed by atoms with Crippen molar-refractivity contribution in [1.29, 1.82) is 0 Å². The highest BCUT2D eigenvalue weighted by Crippen LogP contribution is 2.40. The van der Waals surface area contributed by atoms with E-state index in [2.05, 4.69) is 120 Å². The SMILES string of the molecule is C1=Cc2c(n(-c3nc(-c4ccc5sc6ccccc6c5c4)c4ccccc4n3)c3ccc4ccccc4c23)CC1. The molecule has 0 saturated heterocycles. The Morgan fingerprint density at radius 1 is 0.675 bits per heavy atom. The third kappa shape index (κ3) is 3.11. The van der Waals surface area contributed by atoms with Crippen molar-refractivity contribution in [3.05, 3.63) is 120 Å². The number of aromatic nitrogens is 3. The van der Waals surface area contributed by atoms with E-state index < -0.39 is 0 Å². The first kappa shape index (κ1) is 22.1. The molecule has 4 heteroatoms. The van der Waals surface area contributed by atoms with Crippen LogP contribution in [0.1, 0.15) is 17.7 Å². The molecule has 1 aliphatic rings. The molecule has 0 radical (unpaired) electrons. The number of para-hydroxylation sites is 1. The maximum absolute atomic E-state index is 5.35. The first-order valence-corrected chi connectivity index (χ1v) is 14.6. The van der Waals surface area contributed by atoms with Crippen LogP contribution >= 0.6 is 11.3 Å². The fraction of sp³-hybridized carbons (Fsp3) is 0.0556. The summed E-state index contributed by atoms with van der Waals surface area (Å²) in [5.74, 6) is 0.737. The van der Waals surface area contributed by atoms with Gasteiger partial charge < -0.3 is 0 Å². The minimum absolute atomic E-state index is 0.737. The molecular formula is C36H23N3S. The summed E-state index contributed by atoms with van der Waals surface area (Å²) in [5.41, 5.74) is 6.79. The highest BCUT2D eigenvalue weighted by Gasteiger charge is 2.23. The van der Waals surface area contributed by atoms with Crippen LogP contribution in [0.5, 0.6) is 0 Å². The molecule has 0 spiro atoms. The summed E-state index contributed by atoms with van der Waals surface area (Å²) in [6, 6.07) is 37.0. The van der Waals surface area contributed by atoms with Crippen LogP contribution in [-0.4, -0.2) is 14.5 Å². The smallest absolute Gasteiger partial charge is 0.235 e. The van der Waals surface area contributed by atoms with Gasteiger partial charge in [0, 0.05) is 47.8 Å². The van der Waals surface area contributed by atoms with Crippen LogP contribution in [0, 0.1) is 0 Å². The molecule has 0 N–H and O–H groups in total. The summed E-state index contributed by atoms with van der Waals surface area (Å²) >= 11 is 1.84. The maximum Gasteiger partial charge on any atom is 0.235 e. The van der Waals surface area contributed by atoms with Crippen molar-refractivity contribution in [3.8, 4) is 17.2 Å². The summed E-state index contributed by atoms with van der Waals surface area (Å²) < 4.78 is 4.93. The van der Waals surface area contributed by atoms with Crippen molar-refractivity contribution in [1.82, 2.24) is 14.5 Å². The van der Waals surface area contributed by atoms with Gasteiger partial charge in [0.2, 0.25) is 5.95 Å². The average molecular weight is 530 g/mol. The van der Waals surface area contributed by atoms with E-state index in [1.165, 1.54) is 47.6 Å². The van der Waals surface area contributed by atoms with E-state index in [9.17, 15) is 0 Å². The van der Waals surface area contributed by atoms with E-state index in [1.807, 2.05) is 11.3 Å². The fourth-order valence-corrected chi connectivity index (χ4v) is 7.56. The molecule has 8 aromatic rings. The maximum atomic E-state index is 5.35. The number of rotatable bonds is 2. The van der Waals surface area contributed by atoms with Gasteiger partial charge >= 0.3 is 0 Å². The lowest BCUT2D eigenvalue weighted by Gasteiger charge is -2.14. The number of hydrogen-bond acceptors (Lipinski definition) is 3. The Balaban J connectivity index is 1.36. The lowest BCUT2D eigenvalue weighted by molar-refractivity contribution is 0.852. The van der Waals surface area contributed by atoms with Crippen molar-refractivity contribution < 1.29 is 0 Å². The number of benzene rings is 5. The quantitative estimate of drug-likeness (QED) is 0.223. The van der Waals surface area contributed by atoms with Crippen LogP contribution in [0.2, 0.25) is 0 Å². The van der Waals surface area contributed by atoms with Crippen LogP contribution in [0.15, 0.2) is 109 Å². The Hall–Kier alpha value is -4.80. The third-order valence-corrected chi connectivity index (χ3v) is 9.42. The molecule has 9 rings (SSSR count). The molecule has 0 bridgehead atoms. The predicted molar refractivity (Wildman–Crippen MR) is 170 cm³/mol. The van der Waals surface area contributed by atoms with Gasteiger partial charge in [-0.15, -0.1) is 11.3 Å². The van der Waals surface area contributed by atoms with Gasteiger partial charge in [-0.1, -0.05) is 84.9 Å². The molecule has 1 aliphatic carbocycles. The first-order valence-electron chi connectivity index (χ1n) is 13.7. The van der Waals surface area contributed by atoms with E-state index in [-0.39, 0.29) is 0 Å². The molecule has 0 saturated carbocycles. The summed E-state index contributed by atoms with van der Waals surface area (Å²) in [5, 5.41) is 7.46. The minimum atomic E-state index is 0.737. The number of hydrogen-bond donors (Lipinski definition) is 0. The molecule has 0 unspecified atom stereocenters. The normalized spacial score (nSPS) is 13.2. The Morgan fingerprint density at radius 2 is 1.48 bits per heavy atom. The predicted octanol–water partition coefficient (Wildman–Crippen LogP) is 9.72. The Kier molecular flexibility index (Phi) is 4.60. The van der Waals surface area contributed by atoms with Gasteiger partial charge in [-0.3, -0.25) is 4.57 Å². The Morgan fingerprint density at radius 3 is 2.42 bits per heavy atom. The monoisotopic (exact) mass is 529 g/mol. The summed E-state index contributed by atoms with van der Waals surface area (Å²) in [6.45, 7) is 0. The zero-order valence-electron chi connectivity index (χ0n) is 21.6. The fourth-order valence-electron chi connectivity index (χ4n) is 6.47. The highest BCUT2D eigenvalue weighted by molar-refractivity contribution is 7.25. The molecule has 40 heavy (non-hydrogen) atoms. The van der Waals surface area contributed by atoms with Crippen molar-refractivity contribution in [2.24, 2.45) is 0 Å². The lowest BCUT2D eigenvalue weighted by Crippen LogP contribution is -2.08. The van der Waals surface area contributed by atoms with E-state index >= 15 is 0 Å². The largest absolute Gasteiger partial charge is 0.282 e. The van der Waals surface area contributed by atoms with Gasteiger partial charge in [-0.05, 0) is 53.9 Å². The van der Waals surface area contributed by atoms with Gasteiger partial charge in [0.1, 0.15) is 0 Å². The number of allylic oxidation sites excluding steroid dienone is 1. The van der Waals surface area contributed by atoms with Crippen molar-refractivity contribution in [2.45, 2.75) is 12.8 Å². The van der Waals surface area contributed by atoms with Crippen LogP contribution in [0.25, 0.3) is 76.0 Å². The molecular weight excluding hydrogens is 506 g/mol. The van der Waals surface area contributed by atoms with Gasteiger partial charge in [-0.2, -0.15) is 0 Å². The molecule has 3 heterocycles. The highest BCUT2D eigenvalue weighted by atomic mass is 32.1. The molecule has 3 nitrogen and oxygen atoms in total. The van der Waals surface area contributed by atoms with E-state index in [0.717, 1.165) is 46.5 Å². The molecule has 0 atom stereocenters. The second kappa shape index (κ2) is 8.35. The second-order valence-corrected chi connectivity index (χ2v) is 11.6. The zero-order chi connectivity index (χ0) is 26.2. The molecule has 0 aliphatic heterocycles. The molecule has 0 fully saturated rings. The van der Waals surface area contributed by atoms with Gasteiger partial charge in [0.15, 0.2) is 0 Å². The lowest BCUT2D eigenvalue weighted by atomic mass is 9.98. The summed E-state index contributed by atoms with van der Waals surface area (Å²) in [6.07, 6.45) is 6.57. The molecule has 0 amide bonds. The van der Waals surface area contributed by atoms with Gasteiger partial charge in [-0.25, -0.2) is 9.97 Å². The van der Waals surface area contributed by atoms with Crippen molar-refractivity contribution >= 4 is 70.2 Å². The Bertz CT molecular complexity index is 2340. The molecule has 5 aromatic carbocycles. The van der Waals surface area contributed by atoms with Crippen molar-refractivity contribution in [3.63, 3.8) is 0 Å². The molecule has 188 valence electrons. The van der Waals surface area contributed by atoms with E-state index in [1.54, 1.807) is 0 Å². The van der Waals surface area contributed by atoms with Gasteiger partial charge in [0.25, 0.3) is 0 Å². The number of nitrogens with zero attached hydrogens (tertiary/aromatic N) is 3. The van der Waals surface area contributed by atoms with Crippen LogP contribution in [0.3, 0.4) is 0 Å². The van der Waals surface area contributed by atoms with Crippen LogP contribution in [-0.2, 0) is 6.42 Å². The summed E-state index contributed by atoms with van der Waals surface area (Å²) in [7, 11) is 0. The van der Waals surface area contributed by atoms with Gasteiger partial charge in [0.05, 0.1) is 16.7 Å². The van der Waals surface area contributed by atoms with E-state index in [0.29, 0.717) is 0 Å². The minimum Gasteiger partial charge on any atom is -0.282 e. The average Bonchev–Trinajstić information content (AvgIpc) is 3.56. The van der Waals surface area contributed by atoms with E-state index in [4.69, 9.17) is 9.97 Å². The topological polar surface area (TPSA) is 30.7 Å². The second-order valence-electron chi connectivity index (χ2n) is 10.5. The first-order chi connectivity index (χ1) is 19.8. The molecule has 3 aromatic heterocycles. The van der Waals surface area contributed by atoms with Crippen LogP contribution in [0.4, 0.5) is 0 Å². The zero-order valence-corrected chi connectivity index (χ0v) is 22.5. The van der Waals surface area contributed by atoms with Crippen LogP contribution < -0.4 is 0 Å². The van der Waals surface area contributed by atoms with Crippen molar-refractivity contribution in [2.75, 3.05) is 0 Å². The summed E-state index contributed by atoms with van der Waals surface area (Å²) in [4.78, 5) is 10.5. The standard InChI is InChI=1S/C36H23N3S/c1-2-10-24-22(9-1)17-19-31-34(24)27-13-4-7-15-30(27)39(31)36-37-29-14-6-3-12-26(29)35(38-36)23-18-20-33-28(21-23)25-11-5-8-16-32(25)40-33/h1-6,8-14,16-21H,7,15H2. The number of fused-ring (bicyclic) bond motifs is 9. The third-order valence-electron chi connectivity index (χ3n) is 8.27. The number of thiophene rings is 1.